The topological polar surface area (TPSA) is 80.3 Å². The molecule has 1 atom stereocenters. The molecule has 0 fully saturated rings. The van der Waals surface area contributed by atoms with Gasteiger partial charge in [0.2, 0.25) is 0 Å². The lowest BCUT2D eigenvalue weighted by Crippen LogP contribution is -2.23. The quantitative estimate of drug-likeness (QED) is 0.452. The van der Waals surface area contributed by atoms with Crippen LogP contribution >= 0.6 is 0 Å². The fourth-order valence-corrected chi connectivity index (χ4v) is 4.71. The van der Waals surface area contributed by atoms with Crippen molar-refractivity contribution in [2.24, 2.45) is 0 Å². The van der Waals surface area contributed by atoms with Crippen LogP contribution in [0.25, 0.3) is 11.1 Å². The van der Waals surface area contributed by atoms with Crippen molar-refractivity contribution in [3.8, 4) is 34.1 Å². The summed E-state index contributed by atoms with van der Waals surface area (Å²) in [5.74, 6) is 2.62. The van der Waals surface area contributed by atoms with E-state index in [1.165, 1.54) is 12.1 Å². The van der Waals surface area contributed by atoms with E-state index in [0.29, 0.717) is 29.4 Å². The maximum Gasteiger partial charge on any atom is 0.297 e. The van der Waals surface area contributed by atoms with Gasteiger partial charge in [-0.1, -0.05) is 17.7 Å². The molecule has 1 aliphatic heterocycles. The van der Waals surface area contributed by atoms with E-state index in [-0.39, 0.29) is 11.5 Å². The number of aryl methyl sites for hydroxylation is 1. The van der Waals surface area contributed by atoms with E-state index in [2.05, 4.69) is 0 Å². The number of ether oxygens (including phenoxy) is 4. The summed E-state index contributed by atoms with van der Waals surface area (Å²) in [5.41, 5.74) is 3.42. The molecule has 0 radical (unpaired) electrons. The Labute approximate surface area is 193 Å². The zero-order valence-corrected chi connectivity index (χ0v) is 19.8. The minimum atomic E-state index is -3.89. The van der Waals surface area contributed by atoms with Crippen LogP contribution in [0.4, 0.5) is 0 Å². The first kappa shape index (κ1) is 22.9. The van der Waals surface area contributed by atoms with E-state index < -0.39 is 16.2 Å². The summed E-state index contributed by atoms with van der Waals surface area (Å²) in [6.07, 6.45) is 0.0116. The number of fused-ring (bicyclic) bond motifs is 1. The van der Waals surface area contributed by atoms with E-state index in [1.54, 1.807) is 33.5 Å². The highest BCUT2D eigenvalue weighted by atomic mass is 32.2. The Hall–Kier alpha value is -3.23. The van der Waals surface area contributed by atoms with Crippen LogP contribution in [0.15, 0.2) is 59.5 Å². The molecule has 3 aromatic rings. The molecule has 174 valence electrons. The third kappa shape index (κ3) is 4.77. The fourth-order valence-electron chi connectivity index (χ4n) is 3.78. The Morgan fingerprint density at radius 2 is 1.58 bits per heavy atom. The van der Waals surface area contributed by atoms with Gasteiger partial charge in [0.25, 0.3) is 10.1 Å². The Morgan fingerprint density at radius 3 is 2.24 bits per heavy atom. The van der Waals surface area contributed by atoms with E-state index in [1.807, 2.05) is 37.3 Å². The van der Waals surface area contributed by atoms with Crippen LogP contribution in [-0.2, 0) is 20.7 Å². The van der Waals surface area contributed by atoms with Crippen LogP contribution < -0.4 is 18.9 Å². The summed E-state index contributed by atoms with van der Waals surface area (Å²) in [6.45, 7) is 1.78. The van der Waals surface area contributed by atoms with Crippen LogP contribution in [0.1, 0.15) is 11.1 Å². The first-order chi connectivity index (χ1) is 15.8. The number of hydrogen-bond donors (Lipinski definition) is 0. The molecule has 0 N–H and O–H groups in total. The van der Waals surface area contributed by atoms with Gasteiger partial charge >= 0.3 is 0 Å². The average molecular weight is 471 g/mol. The number of rotatable bonds is 8. The lowest BCUT2D eigenvalue weighted by molar-refractivity contribution is 0.152. The summed E-state index contributed by atoms with van der Waals surface area (Å²) in [5, 5.41) is 0. The molecule has 7 nitrogen and oxygen atoms in total. The van der Waals surface area contributed by atoms with Crippen LogP contribution in [0.5, 0.6) is 23.0 Å². The summed E-state index contributed by atoms with van der Waals surface area (Å²) in [7, 11) is 0.902. The lowest BCUT2D eigenvalue weighted by atomic mass is 9.99. The second kappa shape index (κ2) is 9.33. The minimum absolute atomic E-state index is 0.109. The summed E-state index contributed by atoms with van der Waals surface area (Å²) >= 11 is 0. The van der Waals surface area contributed by atoms with Gasteiger partial charge in [0, 0.05) is 23.1 Å². The van der Waals surface area contributed by atoms with Crippen molar-refractivity contribution in [3.63, 3.8) is 0 Å². The van der Waals surface area contributed by atoms with Gasteiger partial charge in [0.05, 0.1) is 26.2 Å². The van der Waals surface area contributed by atoms with Crippen molar-refractivity contribution < 1.29 is 31.5 Å². The van der Waals surface area contributed by atoms with Crippen molar-refractivity contribution in [2.45, 2.75) is 24.3 Å². The van der Waals surface area contributed by atoms with Gasteiger partial charge in [-0.25, -0.2) is 0 Å². The maximum atomic E-state index is 12.6. The van der Waals surface area contributed by atoms with Gasteiger partial charge in [0.1, 0.15) is 35.7 Å². The smallest absolute Gasteiger partial charge is 0.297 e. The van der Waals surface area contributed by atoms with Crippen LogP contribution in [0.2, 0.25) is 0 Å². The van der Waals surface area contributed by atoms with Crippen molar-refractivity contribution in [1.82, 2.24) is 0 Å². The highest BCUT2D eigenvalue weighted by Gasteiger charge is 2.30. The molecule has 0 amide bonds. The fraction of sp³-hybridized carbons (Fsp3) is 0.280. The Morgan fingerprint density at radius 1 is 0.879 bits per heavy atom. The molecule has 1 heterocycles. The highest BCUT2D eigenvalue weighted by molar-refractivity contribution is 7.86. The van der Waals surface area contributed by atoms with E-state index in [4.69, 9.17) is 23.1 Å². The molecule has 33 heavy (non-hydrogen) atoms. The SMILES string of the molecule is COc1ccc(OC)c(-c2cc(OC)cc3c2OC(COS(=O)(=O)c2ccc(C)cc2)C3)c1. The first-order valence-electron chi connectivity index (χ1n) is 10.4. The Bertz CT molecular complexity index is 1250. The molecular weight excluding hydrogens is 444 g/mol. The summed E-state index contributed by atoms with van der Waals surface area (Å²) < 4.78 is 53.1. The van der Waals surface area contributed by atoms with Crippen molar-refractivity contribution in [2.75, 3.05) is 27.9 Å². The zero-order chi connectivity index (χ0) is 23.6. The van der Waals surface area contributed by atoms with Gasteiger partial charge in [-0.15, -0.1) is 0 Å². The summed E-state index contributed by atoms with van der Waals surface area (Å²) in [6, 6.07) is 15.8. The number of hydrogen-bond acceptors (Lipinski definition) is 7. The van der Waals surface area contributed by atoms with Crippen molar-refractivity contribution >= 4 is 10.1 Å². The molecule has 1 unspecified atom stereocenters. The average Bonchev–Trinajstić information content (AvgIpc) is 3.25. The Kier molecular flexibility index (Phi) is 6.49. The summed E-state index contributed by atoms with van der Waals surface area (Å²) in [4.78, 5) is 0.118. The molecule has 0 bridgehead atoms. The van der Waals surface area contributed by atoms with Gasteiger partial charge in [-0.05, 0) is 49.4 Å². The van der Waals surface area contributed by atoms with E-state index >= 15 is 0 Å². The second-order valence-electron chi connectivity index (χ2n) is 7.73. The Balaban J connectivity index is 1.61. The molecule has 0 saturated carbocycles. The second-order valence-corrected chi connectivity index (χ2v) is 9.34. The van der Waals surface area contributed by atoms with E-state index in [9.17, 15) is 8.42 Å². The molecule has 4 rings (SSSR count). The highest BCUT2D eigenvalue weighted by Crippen LogP contribution is 2.45. The molecule has 1 aliphatic rings. The lowest BCUT2D eigenvalue weighted by Gasteiger charge is -2.16. The zero-order valence-electron chi connectivity index (χ0n) is 19.0. The maximum absolute atomic E-state index is 12.6. The molecule has 0 aromatic heterocycles. The third-order valence-corrected chi connectivity index (χ3v) is 6.82. The molecule has 8 heteroatoms. The number of methoxy groups -OCH3 is 3. The van der Waals surface area contributed by atoms with Crippen molar-refractivity contribution in [3.05, 3.63) is 65.7 Å². The molecule has 0 spiro atoms. The van der Waals surface area contributed by atoms with Crippen LogP contribution in [0.3, 0.4) is 0 Å². The minimum Gasteiger partial charge on any atom is -0.497 e. The number of benzene rings is 3. The van der Waals surface area contributed by atoms with Crippen LogP contribution in [0, 0.1) is 6.92 Å². The normalized spacial score (nSPS) is 15.0. The molecule has 3 aromatic carbocycles. The van der Waals surface area contributed by atoms with Gasteiger partial charge in [-0.3, -0.25) is 4.18 Å². The monoisotopic (exact) mass is 470 g/mol. The first-order valence-corrected chi connectivity index (χ1v) is 11.8. The van der Waals surface area contributed by atoms with Crippen molar-refractivity contribution in [1.29, 1.82) is 0 Å². The predicted molar refractivity (Wildman–Crippen MR) is 124 cm³/mol. The molecular formula is C25H26O7S. The molecule has 0 aliphatic carbocycles. The van der Waals surface area contributed by atoms with Gasteiger partial charge in [0.15, 0.2) is 0 Å². The largest absolute Gasteiger partial charge is 0.497 e. The third-order valence-electron chi connectivity index (χ3n) is 5.52. The molecule has 0 saturated heterocycles. The predicted octanol–water partition coefficient (Wildman–Crippen LogP) is 4.40. The van der Waals surface area contributed by atoms with Gasteiger partial charge < -0.3 is 18.9 Å². The van der Waals surface area contributed by atoms with Gasteiger partial charge in [-0.2, -0.15) is 8.42 Å². The standard InChI is InChI=1S/C25H26O7S/c1-16-5-8-21(9-6-16)33(26,27)31-15-20-12-17-11-19(29-3)14-23(25(17)32-20)22-13-18(28-2)7-10-24(22)30-4/h5-11,13-14,20H,12,15H2,1-4H3. The van der Waals surface area contributed by atoms with Crippen LogP contribution in [-0.4, -0.2) is 42.5 Å². The van der Waals surface area contributed by atoms with E-state index in [0.717, 1.165) is 22.3 Å².